The van der Waals surface area contributed by atoms with Crippen LogP contribution < -0.4 is 0 Å². The fourth-order valence-corrected chi connectivity index (χ4v) is 1.28. The molecule has 0 aliphatic carbocycles. The van der Waals surface area contributed by atoms with Gasteiger partial charge in [-0.2, -0.15) is 0 Å². The molecule has 0 bridgehead atoms. The molecule has 0 amide bonds. The molecule has 0 aromatic heterocycles. The van der Waals surface area contributed by atoms with Crippen LogP contribution in [0.2, 0.25) is 0 Å². The van der Waals surface area contributed by atoms with Crippen LogP contribution >= 0.6 is 0 Å². The van der Waals surface area contributed by atoms with Crippen LogP contribution in [0.25, 0.3) is 0 Å². The van der Waals surface area contributed by atoms with Gasteiger partial charge in [0.1, 0.15) is 0 Å². The molecule has 0 N–H and O–H groups in total. The predicted molar refractivity (Wildman–Crippen MR) is 41.3 cm³/mol. The van der Waals surface area contributed by atoms with Gasteiger partial charge in [0.05, 0.1) is 0 Å². The van der Waals surface area contributed by atoms with E-state index in [9.17, 15) is 4.79 Å². The van der Waals surface area contributed by atoms with Crippen molar-refractivity contribution in [1.29, 1.82) is 0 Å². The minimum atomic E-state index is 0.0121. The minimum absolute atomic E-state index is 0.0121. The summed E-state index contributed by atoms with van der Waals surface area (Å²) in [7, 11) is 0. The number of carbonyl (C=O) groups excluding carboxylic acids is 1. The third-order valence-corrected chi connectivity index (χ3v) is 1.83. The van der Waals surface area contributed by atoms with Gasteiger partial charge in [-0.25, -0.2) is 0 Å². The Hall–Kier alpha value is -0.591. The van der Waals surface area contributed by atoms with E-state index in [-0.39, 0.29) is 4.68 Å². The summed E-state index contributed by atoms with van der Waals surface area (Å²) in [4.78, 5) is 10.8. The Morgan fingerprint density at radius 1 is 1.40 bits per heavy atom. The third kappa shape index (κ3) is 1.47. The standard InChI is InChI=1S/C8H7OSe/c1-6-4-2-3-5-7(6)8(9)10/h2-5H,1H3. The van der Waals surface area contributed by atoms with E-state index >= 15 is 0 Å². The van der Waals surface area contributed by atoms with Crippen LogP contribution in [0.1, 0.15) is 15.9 Å². The first-order valence-electron chi connectivity index (χ1n) is 2.99. The summed E-state index contributed by atoms with van der Waals surface area (Å²) in [5.74, 6) is 0. The van der Waals surface area contributed by atoms with E-state index in [2.05, 4.69) is 16.0 Å². The van der Waals surface area contributed by atoms with Crippen LogP contribution in [0.4, 0.5) is 0 Å². The first-order chi connectivity index (χ1) is 4.72. The van der Waals surface area contributed by atoms with Crippen molar-refractivity contribution >= 4 is 20.7 Å². The van der Waals surface area contributed by atoms with Gasteiger partial charge in [0, 0.05) is 0 Å². The summed E-state index contributed by atoms with van der Waals surface area (Å²) < 4.78 is 0.0121. The summed E-state index contributed by atoms with van der Waals surface area (Å²) in [5.41, 5.74) is 1.79. The third-order valence-electron chi connectivity index (χ3n) is 1.36. The van der Waals surface area contributed by atoms with E-state index < -0.39 is 0 Å². The molecule has 1 aromatic rings. The molecule has 10 heavy (non-hydrogen) atoms. The molecule has 0 saturated carbocycles. The first kappa shape index (κ1) is 7.52. The number of benzene rings is 1. The van der Waals surface area contributed by atoms with Crippen molar-refractivity contribution in [2.45, 2.75) is 6.92 Å². The number of hydrogen-bond donors (Lipinski definition) is 0. The Morgan fingerprint density at radius 3 is 2.40 bits per heavy atom. The number of aryl methyl sites for hydroxylation is 1. The van der Waals surface area contributed by atoms with Crippen molar-refractivity contribution in [3.05, 3.63) is 35.4 Å². The quantitative estimate of drug-likeness (QED) is 0.621. The van der Waals surface area contributed by atoms with Gasteiger partial charge in [-0.1, -0.05) is 0 Å². The summed E-state index contributed by atoms with van der Waals surface area (Å²) in [5, 5.41) is 0. The van der Waals surface area contributed by atoms with Crippen molar-refractivity contribution in [3.8, 4) is 0 Å². The molecule has 0 heterocycles. The van der Waals surface area contributed by atoms with Crippen LogP contribution in [-0.2, 0) is 0 Å². The van der Waals surface area contributed by atoms with Crippen LogP contribution in [0.5, 0.6) is 0 Å². The Kier molecular flexibility index (Phi) is 2.25. The number of rotatable bonds is 1. The molecular weight excluding hydrogens is 191 g/mol. The fraction of sp³-hybridized carbons (Fsp3) is 0.125. The predicted octanol–water partition coefficient (Wildman–Crippen LogP) is 1.30. The number of carbonyl (C=O) groups is 1. The average Bonchev–Trinajstić information content (AvgIpc) is 1.88. The molecule has 1 aromatic carbocycles. The van der Waals surface area contributed by atoms with Crippen molar-refractivity contribution in [1.82, 2.24) is 0 Å². The van der Waals surface area contributed by atoms with Crippen molar-refractivity contribution in [3.63, 3.8) is 0 Å². The maximum atomic E-state index is 10.8. The van der Waals surface area contributed by atoms with Gasteiger partial charge in [-0.15, -0.1) is 0 Å². The average molecular weight is 198 g/mol. The van der Waals surface area contributed by atoms with Gasteiger partial charge >= 0.3 is 67.8 Å². The van der Waals surface area contributed by atoms with Gasteiger partial charge in [0.25, 0.3) is 0 Å². The normalized spacial score (nSPS) is 9.30. The molecule has 51 valence electrons. The zero-order chi connectivity index (χ0) is 7.56. The molecule has 2 heteroatoms. The summed E-state index contributed by atoms with van der Waals surface area (Å²) in [6.07, 6.45) is 0. The SMILES string of the molecule is Cc1ccccc1C(=O)[Se]. The molecule has 1 rings (SSSR count). The van der Waals surface area contributed by atoms with E-state index in [0.717, 1.165) is 11.1 Å². The molecule has 0 atom stereocenters. The van der Waals surface area contributed by atoms with E-state index in [4.69, 9.17) is 0 Å². The second-order valence-corrected chi connectivity index (χ2v) is 2.88. The maximum absolute atomic E-state index is 10.8. The summed E-state index contributed by atoms with van der Waals surface area (Å²) in [6, 6.07) is 7.51. The van der Waals surface area contributed by atoms with Gasteiger partial charge in [-0.05, 0) is 0 Å². The Morgan fingerprint density at radius 2 is 2.00 bits per heavy atom. The fourth-order valence-electron chi connectivity index (χ4n) is 0.802. The van der Waals surface area contributed by atoms with Crippen molar-refractivity contribution in [2.24, 2.45) is 0 Å². The Balaban J connectivity index is 3.15. The van der Waals surface area contributed by atoms with E-state index in [1.54, 1.807) is 0 Å². The number of hydrogen-bond acceptors (Lipinski definition) is 1. The zero-order valence-electron chi connectivity index (χ0n) is 5.63. The molecule has 0 spiro atoms. The zero-order valence-corrected chi connectivity index (χ0v) is 7.34. The van der Waals surface area contributed by atoms with Crippen LogP contribution in [-0.4, -0.2) is 20.7 Å². The summed E-state index contributed by atoms with van der Waals surface area (Å²) >= 11 is 2.46. The second kappa shape index (κ2) is 3.00. The molecule has 1 nitrogen and oxygen atoms in total. The topological polar surface area (TPSA) is 17.1 Å². The van der Waals surface area contributed by atoms with Crippen molar-refractivity contribution < 1.29 is 4.79 Å². The molecule has 0 aliphatic rings. The van der Waals surface area contributed by atoms with E-state index in [1.807, 2.05) is 31.2 Å². The van der Waals surface area contributed by atoms with Gasteiger partial charge in [0.15, 0.2) is 0 Å². The van der Waals surface area contributed by atoms with Crippen LogP contribution in [0.3, 0.4) is 0 Å². The molecule has 0 fully saturated rings. The van der Waals surface area contributed by atoms with Crippen LogP contribution in [0, 0.1) is 6.92 Å². The second-order valence-electron chi connectivity index (χ2n) is 2.10. The summed E-state index contributed by atoms with van der Waals surface area (Å²) in [6.45, 7) is 1.92. The van der Waals surface area contributed by atoms with E-state index in [0.29, 0.717) is 0 Å². The Bertz CT molecular complexity index is 255. The van der Waals surface area contributed by atoms with Gasteiger partial charge in [0.2, 0.25) is 0 Å². The molecule has 0 aliphatic heterocycles. The van der Waals surface area contributed by atoms with Gasteiger partial charge < -0.3 is 0 Å². The molecule has 0 unspecified atom stereocenters. The molecule has 1 radical (unpaired) electrons. The Labute approximate surface area is 68.3 Å². The van der Waals surface area contributed by atoms with Crippen molar-refractivity contribution in [2.75, 3.05) is 0 Å². The monoisotopic (exact) mass is 199 g/mol. The molecule has 0 saturated heterocycles. The first-order valence-corrected chi connectivity index (χ1v) is 3.84. The van der Waals surface area contributed by atoms with Crippen LogP contribution in [0.15, 0.2) is 24.3 Å². The molecular formula is C8H7OSe. The van der Waals surface area contributed by atoms with E-state index in [1.165, 1.54) is 0 Å². The van der Waals surface area contributed by atoms with Gasteiger partial charge in [-0.3, -0.25) is 0 Å².